The molecule has 0 heterocycles. The molecule has 2 amide bonds. The van der Waals surface area contributed by atoms with Crippen molar-refractivity contribution in [1.29, 1.82) is 0 Å². The number of hydrogen-bond donors (Lipinski definition) is 5. The number of carboxylic acids is 1. The van der Waals surface area contributed by atoms with E-state index in [9.17, 15) is 19.5 Å². The predicted molar refractivity (Wildman–Crippen MR) is 131 cm³/mol. The van der Waals surface area contributed by atoms with Gasteiger partial charge in [-0.05, 0) is 49.1 Å². The van der Waals surface area contributed by atoms with Crippen LogP contribution in [0.2, 0.25) is 10.0 Å². The van der Waals surface area contributed by atoms with E-state index >= 15 is 0 Å². The fraction of sp³-hybridized carbons (Fsp3) is 0.304. The van der Waals surface area contributed by atoms with Gasteiger partial charge in [-0.2, -0.15) is 0 Å². The Hall–Kier alpha value is -3.30. The van der Waals surface area contributed by atoms with Gasteiger partial charge in [0, 0.05) is 18.0 Å². The fourth-order valence-corrected chi connectivity index (χ4v) is 4.44. The van der Waals surface area contributed by atoms with Crippen molar-refractivity contribution in [3.63, 3.8) is 0 Å². The Balaban J connectivity index is 1.60. The number of nitrogens with one attached hydrogen (secondary N) is 2. The Morgan fingerprint density at radius 2 is 1.71 bits per heavy atom. The van der Waals surface area contributed by atoms with Crippen LogP contribution >= 0.6 is 23.2 Å². The van der Waals surface area contributed by atoms with Crippen LogP contribution in [0.4, 0.5) is 5.69 Å². The summed E-state index contributed by atoms with van der Waals surface area (Å²) in [4.78, 5) is 41.0. The molecule has 1 fully saturated rings. The first-order valence-corrected chi connectivity index (χ1v) is 11.4. The van der Waals surface area contributed by atoms with E-state index in [0.29, 0.717) is 24.1 Å². The number of carboxylic acid groups (broad SMARTS) is 1. The lowest BCUT2D eigenvalue weighted by molar-refractivity contribution is -0.139. The van der Waals surface area contributed by atoms with Gasteiger partial charge in [0.15, 0.2) is 5.96 Å². The molecular weight excluding hydrogens is 481 g/mol. The quantitative estimate of drug-likeness (QED) is 0.273. The third-order valence-corrected chi connectivity index (χ3v) is 6.19. The van der Waals surface area contributed by atoms with Gasteiger partial charge in [-0.25, -0.2) is 4.79 Å². The van der Waals surface area contributed by atoms with E-state index in [1.807, 2.05) is 0 Å². The molecule has 180 valence electrons. The van der Waals surface area contributed by atoms with Crippen molar-refractivity contribution in [3.05, 3.63) is 63.6 Å². The smallest absolute Gasteiger partial charge is 0.326 e. The Labute approximate surface area is 206 Å². The third-order valence-electron chi connectivity index (χ3n) is 5.56. The second-order valence-electron chi connectivity index (χ2n) is 8.07. The van der Waals surface area contributed by atoms with Crippen LogP contribution < -0.4 is 22.1 Å². The SMILES string of the molecule is NC(N)=N[C@H]1CC[C@@H](C(=O)Nc2ccc(C[C@H](NC(=O)c3c(Cl)cccc3Cl)C(=O)O)cc2)C1. The molecule has 0 aromatic heterocycles. The highest BCUT2D eigenvalue weighted by atomic mass is 35.5. The molecule has 34 heavy (non-hydrogen) atoms. The van der Waals surface area contributed by atoms with E-state index in [1.54, 1.807) is 30.3 Å². The highest BCUT2D eigenvalue weighted by Crippen LogP contribution is 2.29. The molecule has 3 rings (SSSR count). The van der Waals surface area contributed by atoms with Crippen LogP contribution in [0.1, 0.15) is 35.2 Å². The fourth-order valence-electron chi connectivity index (χ4n) is 3.87. The number of aliphatic imine (C=N–C) groups is 1. The molecule has 1 aliphatic rings. The van der Waals surface area contributed by atoms with Crippen molar-refractivity contribution in [1.82, 2.24) is 5.32 Å². The van der Waals surface area contributed by atoms with Crippen molar-refractivity contribution in [2.24, 2.45) is 22.4 Å². The lowest BCUT2D eigenvalue weighted by Crippen LogP contribution is -2.42. The minimum atomic E-state index is -1.20. The number of anilines is 1. The zero-order valence-electron chi connectivity index (χ0n) is 18.1. The number of halogens is 2. The molecule has 0 unspecified atom stereocenters. The molecule has 0 radical (unpaired) electrons. The van der Waals surface area contributed by atoms with Crippen LogP contribution in [0.25, 0.3) is 0 Å². The average molecular weight is 506 g/mol. The molecule has 1 aliphatic carbocycles. The minimum Gasteiger partial charge on any atom is -0.480 e. The van der Waals surface area contributed by atoms with Gasteiger partial charge >= 0.3 is 5.97 Å². The number of amides is 2. The normalized spacial score (nSPS) is 18.1. The molecule has 7 N–H and O–H groups in total. The Morgan fingerprint density at radius 1 is 1.06 bits per heavy atom. The second-order valence-corrected chi connectivity index (χ2v) is 8.88. The lowest BCUT2D eigenvalue weighted by atomic mass is 10.0. The van der Waals surface area contributed by atoms with Gasteiger partial charge in [0.05, 0.1) is 21.7 Å². The first kappa shape index (κ1) is 25.3. The zero-order valence-corrected chi connectivity index (χ0v) is 19.6. The van der Waals surface area contributed by atoms with Gasteiger partial charge in [-0.3, -0.25) is 14.6 Å². The predicted octanol–water partition coefficient (Wildman–Crippen LogP) is 2.80. The monoisotopic (exact) mass is 505 g/mol. The number of nitrogens with two attached hydrogens (primary N) is 2. The van der Waals surface area contributed by atoms with Crippen LogP contribution in [-0.2, 0) is 16.0 Å². The largest absolute Gasteiger partial charge is 0.480 e. The summed E-state index contributed by atoms with van der Waals surface area (Å²) in [5.41, 5.74) is 12.1. The summed E-state index contributed by atoms with van der Waals surface area (Å²) < 4.78 is 0. The summed E-state index contributed by atoms with van der Waals surface area (Å²) in [6.07, 6.45) is 2.05. The Bertz CT molecular complexity index is 1080. The van der Waals surface area contributed by atoms with Crippen molar-refractivity contribution in [2.75, 3.05) is 5.32 Å². The molecule has 1 saturated carbocycles. The van der Waals surface area contributed by atoms with Crippen LogP contribution in [0.5, 0.6) is 0 Å². The summed E-state index contributed by atoms with van der Waals surface area (Å²) in [5.74, 6) is -2.16. The van der Waals surface area contributed by atoms with Crippen molar-refractivity contribution >= 4 is 52.6 Å². The van der Waals surface area contributed by atoms with Crippen molar-refractivity contribution in [2.45, 2.75) is 37.8 Å². The summed E-state index contributed by atoms with van der Waals surface area (Å²) in [5, 5.41) is 15.2. The molecule has 0 spiro atoms. The van der Waals surface area contributed by atoms with Crippen LogP contribution in [0.15, 0.2) is 47.5 Å². The number of guanidine groups is 1. The molecular formula is C23H25Cl2N5O4. The van der Waals surface area contributed by atoms with E-state index in [-0.39, 0.29) is 45.9 Å². The maximum absolute atomic E-state index is 12.6. The van der Waals surface area contributed by atoms with Gasteiger partial charge in [0.25, 0.3) is 5.91 Å². The number of nitrogens with zero attached hydrogens (tertiary/aromatic N) is 1. The summed E-state index contributed by atoms with van der Waals surface area (Å²) in [6.45, 7) is 0. The van der Waals surface area contributed by atoms with Crippen LogP contribution in [0, 0.1) is 5.92 Å². The Morgan fingerprint density at radius 3 is 2.29 bits per heavy atom. The first-order chi connectivity index (χ1) is 16.1. The minimum absolute atomic E-state index is 0.0177. The molecule has 0 aliphatic heterocycles. The molecule has 0 saturated heterocycles. The van der Waals surface area contributed by atoms with Crippen LogP contribution in [0.3, 0.4) is 0 Å². The molecule has 2 aromatic carbocycles. The molecule has 2 aromatic rings. The number of aliphatic carboxylic acids is 1. The van der Waals surface area contributed by atoms with E-state index in [0.717, 1.165) is 6.42 Å². The highest BCUT2D eigenvalue weighted by molar-refractivity contribution is 6.39. The molecule has 3 atom stereocenters. The number of benzene rings is 2. The number of rotatable bonds is 8. The van der Waals surface area contributed by atoms with Gasteiger partial charge in [-0.1, -0.05) is 41.4 Å². The standard InChI is InChI=1S/C23H25Cl2N5O4/c24-16-2-1-3-17(25)19(16)21(32)30-18(22(33)34)10-12-4-7-14(8-5-12)28-20(31)13-6-9-15(11-13)29-23(26)27/h1-5,7-8,13,15,18H,6,9-11H2,(H,28,31)(H,30,32)(H,33,34)(H4,26,27,29)/t13-,15+,18+/m1/s1. The average Bonchev–Trinajstić information content (AvgIpc) is 3.22. The number of hydrogen-bond acceptors (Lipinski definition) is 4. The molecule has 11 heteroatoms. The van der Waals surface area contributed by atoms with E-state index in [4.69, 9.17) is 34.7 Å². The maximum Gasteiger partial charge on any atom is 0.326 e. The van der Waals surface area contributed by atoms with E-state index in [2.05, 4.69) is 15.6 Å². The van der Waals surface area contributed by atoms with Gasteiger partial charge < -0.3 is 27.2 Å². The van der Waals surface area contributed by atoms with Gasteiger partial charge in [0.1, 0.15) is 6.04 Å². The van der Waals surface area contributed by atoms with Crippen molar-refractivity contribution in [3.8, 4) is 0 Å². The van der Waals surface area contributed by atoms with Gasteiger partial charge in [-0.15, -0.1) is 0 Å². The number of carbonyl (C=O) groups excluding carboxylic acids is 2. The van der Waals surface area contributed by atoms with E-state index < -0.39 is 17.9 Å². The summed E-state index contributed by atoms with van der Waals surface area (Å²) >= 11 is 12.1. The maximum atomic E-state index is 12.6. The van der Waals surface area contributed by atoms with E-state index in [1.165, 1.54) is 12.1 Å². The topological polar surface area (TPSA) is 160 Å². The molecule has 0 bridgehead atoms. The first-order valence-electron chi connectivity index (χ1n) is 10.6. The lowest BCUT2D eigenvalue weighted by Gasteiger charge is -2.16. The Kier molecular flexibility index (Phi) is 8.36. The molecule has 9 nitrogen and oxygen atoms in total. The van der Waals surface area contributed by atoms with Crippen LogP contribution in [-0.4, -0.2) is 40.9 Å². The van der Waals surface area contributed by atoms with Crippen molar-refractivity contribution < 1.29 is 19.5 Å². The highest BCUT2D eigenvalue weighted by Gasteiger charge is 2.30. The number of carbonyl (C=O) groups is 3. The van der Waals surface area contributed by atoms with Gasteiger partial charge in [0.2, 0.25) is 5.91 Å². The summed E-state index contributed by atoms with van der Waals surface area (Å²) in [6, 6.07) is 10.1. The second kappa shape index (κ2) is 11.2. The zero-order chi connectivity index (χ0) is 24.8. The third kappa shape index (κ3) is 6.61. The summed E-state index contributed by atoms with van der Waals surface area (Å²) in [7, 11) is 0.